The van der Waals surface area contributed by atoms with Crippen molar-refractivity contribution in [2.24, 2.45) is 0 Å². The number of aromatic nitrogens is 3. The SMILES string of the molecule is COCc1c(C(=O)O)nnn1CC(=O)N1CCOC1=O. The normalized spacial score (nSPS) is 14.4. The van der Waals surface area contributed by atoms with Crippen LogP contribution >= 0.6 is 0 Å². The van der Waals surface area contributed by atoms with E-state index < -0.39 is 18.0 Å². The highest BCUT2D eigenvalue weighted by Crippen LogP contribution is 2.10. The highest BCUT2D eigenvalue weighted by Gasteiger charge is 2.30. The summed E-state index contributed by atoms with van der Waals surface area (Å²) < 4.78 is 10.6. The Morgan fingerprint density at radius 3 is 2.80 bits per heavy atom. The zero-order valence-electron chi connectivity index (χ0n) is 10.6. The van der Waals surface area contributed by atoms with Crippen molar-refractivity contribution in [2.75, 3.05) is 20.3 Å². The zero-order chi connectivity index (χ0) is 14.7. The summed E-state index contributed by atoms with van der Waals surface area (Å²) in [6.07, 6.45) is -0.720. The molecule has 0 aromatic carbocycles. The summed E-state index contributed by atoms with van der Waals surface area (Å²) in [5.74, 6) is -1.82. The summed E-state index contributed by atoms with van der Waals surface area (Å²) >= 11 is 0. The van der Waals surface area contributed by atoms with Gasteiger partial charge in [-0.05, 0) is 0 Å². The van der Waals surface area contributed by atoms with Gasteiger partial charge in [0.25, 0.3) is 5.91 Å². The second kappa shape index (κ2) is 5.65. The maximum Gasteiger partial charge on any atom is 0.416 e. The van der Waals surface area contributed by atoms with Gasteiger partial charge in [-0.3, -0.25) is 4.79 Å². The molecule has 20 heavy (non-hydrogen) atoms. The van der Waals surface area contributed by atoms with Crippen LogP contribution in [-0.4, -0.2) is 63.2 Å². The van der Waals surface area contributed by atoms with E-state index in [0.29, 0.717) is 0 Å². The van der Waals surface area contributed by atoms with Gasteiger partial charge in [-0.15, -0.1) is 5.10 Å². The van der Waals surface area contributed by atoms with E-state index in [1.54, 1.807) is 0 Å². The molecule has 1 saturated heterocycles. The molecule has 2 heterocycles. The molecular weight excluding hydrogens is 272 g/mol. The topological polar surface area (TPSA) is 124 Å². The van der Waals surface area contributed by atoms with Crippen LogP contribution in [0.5, 0.6) is 0 Å². The van der Waals surface area contributed by atoms with Crippen molar-refractivity contribution in [2.45, 2.75) is 13.2 Å². The third kappa shape index (κ3) is 2.59. The number of ether oxygens (including phenoxy) is 2. The minimum atomic E-state index is -1.27. The molecule has 1 aliphatic heterocycles. The predicted octanol–water partition coefficient (Wildman–Crippen LogP) is -0.899. The van der Waals surface area contributed by atoms with E-state index in [1.807, 2.05) is 0 Å². The summed E-state index contributed by atoms with van der Waals surface area (Å²) in [6, 6.07) is 0. The maximum atomic E-state index is 11.9. The van der Waals surface area contributed by atoms with Crippen LogP contribution in [0.1, 0.15) is 16.2 Å². The van der Waals surface area contributed by atoms with Gasteiger partial charge in [-0.2, -0.15) is 0 Å². The number of nitrogens with zero attached hydrogens (tertiary/aromatic N) is 4. The van der Waals surface area contributed by atoms with E-state index in [1.165, 1.54) is 7.11 Å². The van der Waals surface area contributed by atoms with E-state index in [4.69, 9.17) is 9.84 Å². The molecular formula is C10H12N4O6. The lowest BCUT2D eigenvalue weighted by atomic mass is 10.3. The number of hydrogen-bond acceptors (Lipinski definition) is 7. The number of carboxylic acids is 1. The van der Waals surface area contributed by atoms with Gasteiger partial charge in [0.15, 0.2) is 5.69 Å². The first-order valence-electron chi connectivity index (χ1n) is 5.66. The number of cyclic esters (lactones) is 1. The first-order chi connectivity index (χ1) is 9.54. The smallest absolute Gasteiger partial charge is 0.416 e. The van der Waals surface area contributed by atoms with Crippen molar-refractivity contribution in [1.82, 2.24) is 19.9 Å². The second-order valence-electron chi connectivity index (χ2n) is 3.94. The quantitative estimate of drug-likeness (QED) is 0.737. The Kier molecular flexibility index (Phi) is 3.94. The van der Waals surface area contributed by atoms with E-state index in [2.05, 4.69) is 15.0 Å². The lowest BCUT2D eigenvalue weighted by Gasteiger charge is -2.11. The van der Waals surface area contributed by atoms with Gasteiger partial charge < -0.3 is 14.6 Å². The molecule has 0 spiro atoms. The largest absolute Gasteiger partial charge is 0.476 e. The predicted molar refractivity (Wildman–Crippen MR) is 60.8 cm³/mol. The Morgan fingerprint density at radius 2 is 2.25 bits per heavy atom. The van der Waals surface area contributed by atoms with Crippen LogP contribution in [0.25, 0.3) is 0 Å². The Bertz CT molecular complexity index is 554. The van der Waals surface area contributed by atoms with Gasteiger partial charge in [0.2, 0.25) is 0 Å². The summed E-state index contributed by atoms with van der Waals surface area (Å²) in [5.41, 5.74) is -0.135. The molecule has 2 amide bonds. The molecule has 0 unspecified atom stereocenters. The van der Waals surface area contributed by atoms with Crippen LogP contribution in [0.2, 0.25) is 0 Å². The summed E-state index contributed by atoms with van der Waals surface area (Å²) in [4.78, 5) is 35.1. The second-order valence-corrected chi connectivity index (χ2v) is 3.94. The number of rotatable bonds is 5. The number of hydrogen-bond donors (Lipinski definition) is 1. The molecule has 2 rings (SSSR count). The van der Waals surface area contributed by atoms with Crippen molar-refractivity contribution < 1.29 is 29.0 Å². The number of methoxy groups -OCH3 is 1. The number of aromatic carboxylic acids is 1. The van der Waals surface area contributed by atoms with Crippen LogP contribution in [0.3, 0.4) is 0 Å². The van der Waals surface area contributed by atoms with Gasteiger partial charge in [0.1, 0.15) is 13.2 Å². The van der Waals surface area contributed by atoms with Gasteiger partial charge in [-0.1, -0.05) is 5.21 Å². The monoisotopic (exact) mass is 284 g/mol. The summed E-state index contributed by atoms with van der Waals surface area (Å²) in [7, 11) is 1.38. The number of imide groups is 1. The number of carboxylic acid groups (broad SMARTS) is 1. The van der Waals surface area contributed by atoms with Crippen LogP contribution in [-0.2, 0) is 27.4 Å². The molecule has 0 atom stereocenters. The molecule has 1 N–H and O–H groups in total. The molecule has 0 bridgehead atoms. The van der Waals surface area contributed by atoms with Crippen molar-refractivity contribution in [1.29, 1.82) is 0 Å². The minimum Gasteiger partial charge on any atom is -0.476 e. The van der Waals surface area contributed by atoms with Crippen LogP contribution < -0.4 is 0 Å². The summed E-state index contributed by atoms with van der Waals surface area (Å²) in [6.45, 7) is -0.0641. The molecule has 108 valence electrons. The number of carbonyl (C=O) groups excluding carboxylic acids is 2. The van der Waals surface area contributed by atoms with Gasteiger partial charge >= 0.3 is 12.1 Å². The molecule has 0 saturated carbocycles. The average molecular weight is 284 g/mol. The highest BCUT2D eigenvalue weighted by molar-refractivity contribution is 5.93. The first-order valence-corrected chi connectivity index (χ1v) is 5.66. The lowest BCUT2D eigenvalue weighted by Crippen LogP contribution is -2.35. The van der Waals surface area contributed by atoms with Crippen LogP contribution in [0.4, 0.5) is 4.79 Å². The Labute approximate surface area is 112 Å². The maximum absolute atomic E-state index is 11.9. The van der Waals surface area contributed by atoms with Gasteiger partial charge in [-0.25, -0.2) is 19.2 Å². The molecule has 0 aliphatic carbocycles. The van der Waals surface area contributed by atoms with E-state index in [-0.39, 0.29) is 37.7 Å². The fourth-order valence-corrected chi connectivity index (χ4v) is 1.74. The highest BCUT2D eigenvalue weighted by atomic mass is 16.6. The van der Waals surface area contributed by atoms with Crippen molar-refractivity contribution in [3.63, 3.8) is 0 Å². The van der Waals surface area contributed by atoms with Crippen LogP contribution in [0.15, 0.2) is 0 Å². The molecule has 10 nitrogen and oxygen atoms in total. The van der Waals surface area contributed by atoms with Crippen molar-refractivity contribution in [3.05, 3.63) is 11.4 Å². The van der Waals surface area contributed by atoms with E-state index >= 15 is 0 Å². The third-order valence-electron chi connectivity index (χ3n) is 2.67. The minimum absolute atomic E-state index is 0.0631. The standard InChI is InChI=1S/C10H12N4O6/c1-19-5-6-8(9(16)17)11-12-14(6)4-7(15)13-2-3-20-10(13)18/h2-5H2,1H3,(H,16,17). The molecule has 10 heteroatoms. The number of carbonyl (C=O) groups is 3. The zero-order valence-corrected chi connectivity index (χ0v) is 10.6. The number of amides is 2. The average Bonchev–Trinajstić information content (AvgIpc) is 2.97. The van der Waals surface area contributed by atoms with Crippen molar-refractivity contribution >= 4 is 18.0 Å². The van der Waals surface area contributed by atoms with Gasteiger partial charge in [0, 0.05) is 7.11 Å². The van der Waals surface area contributed by atoms with E-state index in [0.717, 1.165) is 9.58 Å². The fraction of sp³-hybridized carbons (Fsp3) is 0.500. The van der Waals surface area contributed by atoms with E-state index in [9.17, 15) is 14.4 Å². The first kappa shape index (κ1) is 13.9. The lowest BCUT2D eigenvalue weighted by molar-refractivity contribution is -0.128. The molecule has 1 aliphatic rings. The fourth-order valence-electron chi connectivity index (χ4n) is 1.74. The Balaban J connectivity index is 2.18. The van der Waals surface area contributed by atoms with Gasteiger partial charge in [0.05, 0.1) is 18.8 Å². The molecule has 1 aromatic rings. The Hall–Kier alpha value is -2.49. The molecule has 1 aromatic heterocycles. The summed E-state index contributed by atoms with van der Waals surface area (Å²) in [5, 5.41) is 16.0. The third-order valence-corrected chi connectivity index (χ3v) is 2.67. The van der Waals surface area contributed by atoms with Crippen molar-refractivity contribution in [3.8, 4) is 0 Å². The van der Waals surface area contributed by atoms with Crippen LogP contribution in [0, 0.1) is 0 Å². The molecule has 0 radical (unpaired) electrons. The Morgan fingerprint density at radius 1 is 1.50 bits per heavy atom. The molecule has 1 fully saturated rings.